The normalized spacial score (nSPS) is 12.7. The number of hydrogen-bond acceptors (Lipinski definition) is 4. The predicted molar refractivity (Wildman–Crippen MR) is 67.9 cm³/mol. The Labute approximate surface area is 107 Å². The number of carbonyl (C=O) groups excluding carboxylic acids is 1. The van der Waals surface area contributed by atoms with Gasteiger partial charge in [-0.2, -0.15) is 5.26 Å². The monoisotopic (exact) mass is 265 g/mol. The van der Waals surface area contributed by atoms with Crippen LogP contribution in [0, 0.1) is 17.2 Å². The number of nitriles is 1. The van der Waals surface area contributed by atoms with Crippen LogP contribution in [0.4, 0.5) is 0 Å². The number of hydrogen-bond donors (Lipinski definition) is 0. The molecule has 0 amide bonds. The zero-order valence-electron chi connectivity index (χ0n) is 10.4. The molecule has 0 saturated heterocycles. The standard InChI is InChI=1S/C13H15NO3S/c1-3-10(9-14)13(15)11-5-7-12(8-6-11)18(16,17)4-2/h5-8,10H,3-4H2,1-2H3. The second-order valence-electron chi connectivity index (χ2n) is 3.88. The van der Waals surface area contributed by atoms with Crippen LogP contribution in [0.15, 0.2) is 29.2 Å². The fourth-order valence-corrected chi connectivity index (χ4v) is 2.41. The quantitative estimate of drug-likeness (QED) is 0.765. The molecule has 0 aliphatic rings. The van der Waals surface area contributed by atoms with Gasteiger partial charge < -0.3 is 0 Å². The van der Waals surface area contributed by atoms with E-state index in [1.54, 1.807) is 13.8 Å². The molecule has 0 aromatic heterocycles. The molecule has 0 bridgehead atoms. The molecule has 0 aliphatic heterocycles. The zero-order valence-corrected chi connectivity index (χ0v) is 11.2. The lowest BCUT2D eigenvalue weighted by Crippen LogP contribution is -2.12. The van der Waals surface area contributed by atoms with Crippen molar-refractivity contribution >= 4 is 15.6 Å². The first kappa shape index (κ1) is 14.4. The number of nitrogens with zero attached hydrogens (tertiary/aromatic N) is 1. The van der Waals surface area contributed by atoms with Crippen LogP contribution in [-0.2, 0) is 9.84 Å². The molecule has 18 heavy (non-hydrogen) atoms. The molecule has 96 valence electrons. The van der Waals surface area contributed by atoms with Crippen LogP contribution in [0.5, 0.6) is 0 Å². The van der Waals surface area contributed by atoms with E-state index in [-0.39, 0.29) is 16.4 Å². The van der Waals surface area contributed by atoms with E-state index in [2.05, 4.69) is 0 Å². The van der Waals surface area contributed by atoms with Gasteiger partial charge in [-0.25, -0.2) is 8.42 Å². The summed E-state index contributed by atoms with van der Waals surface area (Å²) in [6.07, 6.45) is 0.449. The SMILES string of the molecule is CCC(C#N)C(=O)c1ccc(S(=O)(=O)CC)cc1. The first-order valence-corrected chi connectivity index (χ1v) is 7.38. The third kappa shape index (κ3) is 2.96. The van der Waals surface area contributed by atoms with Crippen LogP contribution in [-0.4, -0.2) is 20.0 Å². The molecule has 0 N–H and O–H groups in total. The molecule has 1 atom stereocenters. The minimum atomic E-state index is -3.25. The highest BCUT2D eigenvalue weighted by Gasteiger charge is 2.18. The Hall–Kier alpha value is -1.67. The van der Waals surface area contributed by atoms with Crippen molar-refractivity contribution in [2.24, 2.45) is 5.92 Å². The summed E-state index contributed by atoms with van der Waals surface area (Å²) in [5.74, 6) is -0.908. The average Bonchev–Trinajstić information content (AvgIpc) is 2.40. The molecule has 1 aromatic carbocycles. The van der Waals surface area contributed by atoms with E-state index in [1.165, 1.54) is 24.3 Å². The lowest BCUT2D eigenvalue weighted by molar-refractivity contribution is 0.0946. The maximum Gasteiger partial charge on any atom is 0.179 e. The molecule has 0 heterocycles. The Kier molecular flexibility index (Phi) is 4.62. The largest absolute Gasteiger partial charge is 0.293 e. The Balaban J connectivity index is 3.05. The molecule has 0 aliphatic carbocycles. The molecule has 1 unspecified atom stereocenters. The first-order valence-electron chi connectivity index (χ1n) is 5.73. The van der Waals surface area contributed by atoms with Crippen LogP contribution in [0.1, 0.15) is 30.6 Å². The summed E-state index contributed by atoms with van der Waals surface area (Å²) in [5, 5.41) is 8.81. The molecular weight excluding hydrogens is 250 g/mol. The number of carbonyl (C=O) groups is 1. The second kappa shape index (κ2) is 5.78. The van der Waals surface area contributed by atoms with Crippen molar-refractivity contribution in [2.45, 2.75) is 25.2 Å². The third-order valence-electron chi connectivity index (χ3n) is 2.76. The number of ketones is 1. The van der Waals surface area contributed by atoms with Gasteiger partial charge in [0.1, 0.15) is 5.92 Å². The van der Waals surface area contributed by atoms with Crippen molar-refractivity contribution in [1.29, 1.82) is 5.26 Å². The van der Waals surface area contributed by atoms with Gasteiger partial charge in [-0.05, 0) is 18.6 Å². The molecule has 0 radical (unpaired) electrons. The van der Waals surface area contributed by atoms with E-state index in [9.17, 15) is 13.2 Å². The Morgan fingerprint density at radius 1 is 1.28 bits per heavy atom. The van der Waals surface area contributed by atoms with E-state index in [4.69, 9.17) is 5.26 Å². The number of benzene rings is 1. The molecule has 0 fully saturated rings. The van der Waals surface area contributed by atoms with Crippen molar-refractivity contribution in [3.05, 3.63) is 29.8 Å². The molecule has 1 aromatic rings. The third-order valence-corrected chi connectivity index (χ3v) is 4.51. The van der Waals surface area contributed by atoms with E-state index in [0.717, 1.165) is 0 Å². The maximum atomic E-state index is 11.9. The Morgan fingerprint density at radius 2 is 1.83 bits per heavy atom. The van der Waals surface area contributed by atoms with Crippen molar-refractivity contribution in [2.75, 3.05) is 5.75 Å². The number of sulfone groups is 1. The summed E-state index contributed by atoms with van der Waals surface area (Å²) in [4.78, 5) is 12.1. The fourth-order valence-electron chi connectivity index (χ4n) is 1.53. The van der Waals surface area contributed by atoms with Gasteiger partial charge in [0.25, 0.3) is 0 Å². The molecular formula is C13H15NO3S. The molecule has 5 heteroatoms. The number of rotatable bonds is 5. The summed E-state index contributed by atoms with van der Waals surface area (Å²) < 4.78 is 23.2. The zero-order chi connectivity index (χ0) is 13.8. The smallest absolute Gasteiger partial charge is 0.179 e. The van der Waals surface area contributed by atoms with Gasteiger partial charge in [-0.3, -0.25) is 4.79 Å². The second-order valence-corrected chi connectivity index (χ2v) is 6.16. The number of Topliss-reactive ketones (excluding diaryl/α,β-unsaturated/α-hetero) is 1. The average molecular weight is 265 g/mol. The summed E-state index contributed by atoms with van der Waals surface area (Å²) in [6, 6.07) is 7.69. The van der Waals surface area contributed by atoms with E-state index < -0.39 is 15.8 Å². The first-order chi connectivity index (χ1) is 8.46. The van der Waals surface area contributed by atoms with Crippen LogP contribution in [0.25, 0.3) is 0 Å². The summed E-state index contributed by atoms with van der Waals surface area (Å²) in [7, 11) is -3.25. The maximum absolute atomic E-state index is 11.9. The van der Waals surface area contributed by atoms with Crippen LogP contribution in [0.2, 0.25) is 0 Å². The van der Waals surface area contributed by atoms with Gasteiger partial charge in [-0.1, -0.05) is 26.0 Å². The predicted octanol–water partition coefficient (Wildman–Crippen LogP) is 2.21. The van der Waals surface area contributed by atoms with Crippen molar-refractivity contribution in [3.63, 3.8) is 0 Å². The van der Waals surface area contributed by atoms with Gasteiger partial charge in [0.15, 0.2) is 15.6 Å². The fraction of sp³-hybridized carbons (Fsp3) is 0.385. The van der Waals surface area contributed by atoms with E-state index in [0.29, 0.717) is 12.0 Å². The Bertz CT molecular complexity index is 567. The summed E-state index contributed by atoms with van der Waals surface area (Å²) >= 11 is 0. The molecule has 4 nitrogen and oxygen atoms in total. The summed E-state index contributed by atoms with van der Waals surface area (Å²) in [6.45, 7) is 3.33. The van der Waals surface area contributed by atoms with Gasteiger partial charge in [-0.15, -0.1) is 0 Å². The highest BCUT2D eigenvalue weighted by molar-refractivity contribution is 7.91. The van der Waals surface area contributed by atoms with E-state index >= 15 is 0 Å². The molecule has 0 saturated carbocycles. The van der Waals surface area contributed by atoms with Gasteiger partial charge >= 0.3 is 0 Å². The molecule has 1 rings (SSSR count). The minimum Gasteiger partial charge on any atom is -0.293 e. The lowest BCUT2D eigenvalue weighted by Gasteiger charge is -2.06. The van der Waals surface area contributed by atoms with Gasteiger partial charge in [0.05, 0.1) is 16.7 Å². The van der Waals surface area contributed by atoms with E-state index in [1.807, 2.05) is 6.07 Å². The van der Waals surface area contributed by atoms with Crippen molar-refractivity contribution < 1.29 is 13.2 Å². The van der Waals surface area contributed by atoms with Crippen LogP contribution in [0.3, 0.4) is 0 Å². The van der Waals surface area contributed by atoms with Crippen LogP contribution >= 0.6 is 0 Å². The summed E-state index contributed by atoms with van der Waals surface area (Å²) in [5.41, 5.74) is 0.374. The lowest BCUT2D eigenvalue weighted by atomic mass is 9.97. The topological polar surface area (TPSA) is 75.0 Å². The van der Waals surface area contributed by atoms with Crippen LogP contribution < -0.4 is 0 Å². The van der Waals surface area contributed by atoms with Gasteiger partial charge in [0, 0.05) is 5.56 Å². The Morgan fingerprint density at radius 3 is 2.22 bits per heavy atom. The van der Waals surface area contributed by atoms with Crippen molar-refractivity contribution in [1.82, 2.24) is 0 Å². The van der Waals surface area contributed by atoms with Crippen molar-refractivity contribution in [3.8, 4) is 6.07 Å². The molecule has 0 spiro atoms. The highest BCUT2D eigenvalue weighted by atomic mass is 32.2. The minimum absolute atomic E-state index is 0.0239. The highest BCUT2D eigenvalue weighted by Crippen LogP contribution is 2.16. The van der Waals surface area contributed by atoms with Gasteiger partial charge in [0.2, 0.25) is 0 Å².